The molecule has 4 heteroatoms. The van der Waals surface area contributed by atoms with E-state index in [-0.39, 0.29) is 5.56 Å². The zero-order chi connectivity index (χ0) is 17.1. The Morgan fingerprint density at radius 3 is 2.54 bits per heavy atom. The molecule has 0 amide bonds. The van der Waals surface area contributed by atoms with Crippen molar-refractivity contribution in [2.24, 2.45) is 0 Å². The molecule has 0 saturated carbocycles. The van der Waals surface area contributed by atoms with Gasteiger partial charge in [-0.25, -0.2) is 4.98 Å². The predicted octanol–water partition coefficient (Wildman–Crippen LogP) is 3.36. The van der Waals surface area contributed by atoms with E-state index in [1.165, 1.54) is 0 Å². The Hall–Kier alpha value is -2.88. The van der Waals surface area contributed by atoms with Crippen molar-refractivity contribution in [2.45, 2.75) is 20.3 Å². The molecule has 0 unspecified atom stereocenters. The average molecular weight is 320 g/mol. The fourth-order valence-electron chi connectivity index (χ4n) is 2.60. The summed E-state index contributed by atoms with van der Waals surface area (Å²) in [4.78, 5) is 16.1. The van der Waals surface area contributed by atoms with Crippen molar-refractivity contribution < 1.29 is 14.6 Å². The van der Waals surface area contributed by atoms with Crippen LogP contribution in [0, 0.1) is 6.92 Å². The van der Waals surface area contributed by atoms with Gasteiger partial charge in [-0.1, -0.05) is 18.6 Å². The number of carbonyl (C=O) groups is 1. The number of hydrogen-bond acceptors (Lipinski definition) is 4. The maximum Gasteiger partial charge on any atom is 0.119 e. The highest BCUT2D eigenvalue weighted by molar-refractivity contribution is 6.03. The minimum absolute atomic E-state index is 0.157. The number of carbonyl (C=O) groups excluding carboxylic acids is 1. The molecule has 0 aliphatic rings. The van der Waals surface area contributed by atoms with Crippen LogP contribution in [-0.2, 0) is 0 Å². The lowest BCUT2D eigenvalue weighted by Gasteiger charge is -2.12. The molecule has 0 saturated heterocycles. The summed E-state index contributed by atoms with van der Waals surface area (Å²) in [6, 6.07) is 14.6. The van der Waals surface area contributed by atoms with Gasteiger partial charge in [-0.15, -0.1) is 0 Å². The Bertz CT molecular complexity index is 885. The molecule has 0 bridgehead atoms. The molecule has 3 rings (SSSR count). The quantitative estimate of drug-likeness (QED) is 0.723. The molecule has 1 heterocycles. The smallest absolute Gasteiger partial charge is 0.119 e. The Morgan fingerprint density at radius 1 is 1.12 bits per heavy atom. The van der Waals surface area contributed by atoms with E-state index in [1.807, 2.05) is 49.4 Å². The molecule has 3 aromatic rings. The monoisotopic (exact) mass is 320 g/mol. The van der Waals surface area contributed by atoms with Crippen LogP contribution in [0.5, 0.6) is 5.75 Å². The summed E-state index contributed by atoms with van der Waals surface area (Å²) < 4.78 is 5.57. The van der Waals surface area contributed by atoms with Crippen molar-refractivity contribution in [3.05, 3.63) is 59.7 Å². The van der Waals surface area contributed by atoms with Gasteiger partial charge in [0.2, 0.25) is 0 Å². The first-order valence-electron chi connectivity index (χ1n) is 7.94. The molecular formula is C20H18NO3-. The summed E-state index contributed by atoms with van der Waals surface area (Å²) in [7, 11) is 0. The van der Waals surface area contributed by atoms with Crippen LogP contribution in [0.1, 0.15) is 29.3 Å². The van der Waals surface area contributed by atoms with Crippen molar-refractivity contribution >= 4 is 16.9 Å². The van der Waals surface area contributed by atoms with Gasteiger partial charge in [0.05, 0.1) is 23.8 Å². The van der Waals surface area contributed by atoms with Crippen molar-refractivity contribution in [1.82, 2.24) is 4.98 Å². The first-order valence-corrected chi connectivity index (χ1v) is 7.94. The van der Waals surface area contributed by atoms with E-state index in [0.29, 0.717) is 23.2 Å². The summed E-state index contributed by atoms with van der Waals surface area (Å²) in [5.74, 6) is -0.408. The number of aryl methyl sites for hydroxylation is 1. The van der Waals surface area contributed by atoms with Crippen molar-refractivity contribution in [2.75, 3.05) is 6.61 Å². The lowest BCUT2D eigenvalue weighted by atomic mass is 10.0. The van der Waals surface area contributed by atoms with E-state index in [0.717, 1.165) is 23.3 Å². The van der Waals surface area contributed by atoms with E-state index >= 15 is 0 Å². The SMILES string of the molecule is CCCOc1ccc(-c2cc(C(=O)[O-])c3cc(C)ccc3n2)cc1. The number of hydrogen-bond donors (Lipinski definition) is 0. The van der Waals surface area contributed by atoms with Gasteiger partial charge in [0.1, 0.15) is 5.75 Å². The molecule has 1 aromatic heterocycles. The first kappa shape index (κ1) is 16.0. The second-order valence-corrected chi connectivity index (χ2v) is 5.74. The molecule has 0 aliphatic heterocycles. The summed E-state index contributed by atoms with van der Waals surface area (Å²) in [6.07, 6.45) is 0.947. The van der Waals surface area contributed by atoms with Crippen LogP contribution in [-0.4, -0.2) is 17.6 Å². The fraction of sp³-hybridized carbons (Fsp3) is 0.200. The zero-order valence-corrected chi connectivity index (χ0v) is 13.7. The number of nitrogens with zero attached hydrogens (tertiary/aromatic N) is 1. The number of pyridine rings is 1. The third kappa shape index (κ3) is 3.23. The molecule has 0 N–H and O–H groups in total. The van der Waals surface area contributed by atoms with Crippen LogP contribution >= 0.6 is 0 Å². The van der Waals surface area contributed by atoms with E-state index in [1.54, 1.807) is 6.07 Å². The van der Waals surface area contributed by atoms with Crippen molar-refractivity contribution in [3.63, 3.8) is 0 Å². The largest absolute Gasteiger partial charge is 0.545 e. The van der Waals surface area contributed by atoms with Crippen LogP contribution in [0.4, 0.5) is 0 Å². The van der Waals surface area contributed by atoms with Crippen LogP contribution in [0.3, 0.4) is 0 Å². The molecule has 4 nitrogen and oxygen atoms in total. The van der Waals surface area contributed by atoms with Gasteiger partial charge in [-0.05, 0) is 55.8 Å². The van der Waals surface area contributed by atoms with Crippen LogP contribution in [0.2, 0.25) is 0 Å². The first-order chi connectivity index (χ1) is 11.6. The maximum absolute atomic E-state index is 11.5. The van der Waals surface area contributed by atoms with Gasteiger partial charge < -0.3 is 14.6 Å². The molecule has 24 heavy (non-hydrogen) atoms. The number of carboxylic acid groups (broad SMARTS) is 1. The second kappa shape index (κ2) is 6.71. The standard InChI is InChI=1S/C20H19NO3/c1-3-10-24-15-7-5-14(6-8-15)19-12-17(20(22)23)16-11-13(2)4-9-18(16)21-19/h4-9,11-12H,3,10H2,1-2H3,(H,22,23)/p-1. The zero-order valence-electron chi connectivity index (χ0n) is 13.7. The third-order valence-electron chi connectivity index (χ3n) is 3.81. The number of rotatable bonds is 5. The normalized spacial score (nSPS) is 10.8. The minimum atomic E-state index is -1.20. The molecule has 0 radical (unpaired) electrons. The minimum Gasteiger partial charge on any atom is -0.545 e. The van der Waals surface area contributed by atoms with Gasteiger partial charge in [0, 0.05) is 16.5 Å². The topological polar surface area (TPSA) is 62.2 Å². The van der Waals surface area contributed by atoms with E-state index in [9.17, 15) is 9.90 Å². The number of aromatic nitrogens is 1. The lowest BCUT2D eigenvalue weighted by Crippen LogP contribution is -2.22. The Labute approximate surface area is 140 Å². The molecule has 0 atom stereocenters. The summed E-state index contributed by atoms with van der Waals surface area (Å²) in [5, 5.41) is 12.1. The van der Waals surface area contributed by atoms with Gasteiger partial charge >= 0.3 is 0 Å². The van der Waals surface area contributed by atoms with Gasteiger partial charge in [-0.2, -0.15) is 0 Å². The number of benzene rings is 2. The predicted molar refractivity (Wildman–Crippen MR) is 92.0 cm³/mol. The average Bonchev–Trinajstić information content (AvgIpc) is 2.59. The summed E-state index contributed by atoms with van der Waals surface area (Å²) >= 11 is 0. The Kier molecular flexibility index (Phi) is 4.47. The number of aromatic carboxylic acids is 1. The highest BCUT2D eigenvalue weighted by atomic mass is 16.5. The molecule has 122 valence electrons. The Balaban J connectivity index is 2.06. The maximum atomic E-state index is 11.5. The molecule has 2 aromatic carbocycles. The Morgan fingerprint density at radius 2 is 1.88 bits per heavy atom. The van der Waals surface area contributed by atoms with Crippen LogP contribution in [0.25, 0.3) is 22.2 Å². The summed E-state index contributed by atoms with van der Waals surface area (Å²) in [6.45, 7) is 4.64. The number of carboxylic acids is 1. The van der Waals surface area contributed by atoms with Gasteiger partial charge in [0.15, 0.2) is 0 Å². The second-order valence-electron chi connectivity index (χ2n) is 5.74. The highest BCUT2D eigenvalue weighted by Gasteiger charge is 2.09. The number of fused-ring (bicyclic) bond motifs is 1. The summed E-state index contributed by atoms with van der Waals surface area (Å²) in [5.41, 5.74) is 3.22. The van der Waals surface area contributed by atoms with Gasteiger partial charge in [-0.3, -0.25) is 0 Å². The molecular weight excluding hydrogens is 302 g/mol. The van der Waals surface area contributed by atoms with Crippen molar-refractivity contribution in [3.8, 4) is 17.0 Å². The van der Waals surface area contributed by atoms with Gasteiger partial charge in [0.25, 0.3) is 0 Å². The van der Waals surface area contributed by atoms with E-state index in [2.05, 4.69) is 11.9 Å². The van der Waals surface area contributed by atoms with Crippen molar-refractivity contribution in [1.29, 1.82) is 0 Å². The molecule has 0 fully saturated rings. The van der Waals surface area contributed by atoms with Crippen LogP contribution in [0.15, 0.2) is 48.5 Å². The van der Waals surface area contributed by atoms with Crippen LogP contribution < -0.4 is 9.84 Å². The highest BCUT2D eigenvalue weighted by Crippen LogP contribution is 2.26. The molecule has 0 spiro atoms. The third-order valence-corrected chi connectivity index (χ3v) is 3.81. The number of ether oxygens (including phenoxy) is 1. The molecule has 0 aliphatic carbocycles. The lowest BCUT2D eigenvalue weighted by molar-refractivity contribution is -0.254. The fourth-order valence-corrected chi connectivity index (χ4v) is 2.60. The van der Waals surface area contributed by atoms with E-state index in [4.69, 9.17) is 4.74 Å². The van der Waals surface area contributed by atoms with E-state index < -0.39 is 5.97 Å².